The molecule has 0 spiro atoms. The van der Waals surface area contributed by atoms with Gasteiger partial charge >= 0.3 is 5.97 Å². The van der Waals surface area contributed by atoms with E-state index in [9.17, 15) is 18.3 Å². The van der Waals surface area contributed by atoms with Gasteiger partial charge in [0.15, 0.2) is 9.84 Å². The molecule has 1 aliphatic heterocycles. The quantitative estimate of drug-likeness (QED) is 0.905. The van der Waals surface area contributed by atoms with Gasteiger partial charge in [-0.15, -0.1) is 0 Å². The number of para-hydroxylation sites is 1. The molecular weight excluding hydrogens is 266 g/mol. The number of nitrogens with zero attached hydrogens (tertiary/aromatic N) is 1. The summed E-state index contributed by atoms with van der Waals surface area (Å²) in [6.07, 6.45) is 0.548. The fourth-order valence-corrected chi connectivity index (χ4v) is 4.34. The molecule has 1 N–H and O–H groups in total. The summed E-state index contributed by atoms with van der Waals surface area (Å²) in [6.45, 7) is 1.84. The van der Waals surface area contributed by atoms with Crippen molar-refractivity contribution >= 4 is 21.5 Å². The maximum atomic E-state index is 11.5. The lowest BCUT2D eigenvalue weighted by Crippen LogP contribution is -2.34. The minimum atomic E-state index is -2.98. The average molecular weight is 283 g/mol. The summed E-state index contributed by atoms with van der Waals surface area (Å²) in [6, 6.07) is 4.93. The summed E-state index contributed by atoms with van der Waals surface area (Å²) in [4.78, 5) is 13.1. The first kappa shape index (κ1) is 13.9. The smallest absolute Gasteiger partial charge is 0.337 e. The van der Waals surface area contributed by atoms with Crippen LogP contribution in [0, 0.1) is 6.92 Å². The monoisotopic (exact) mass is 283 g/mol. The van der Waals surface area contributed by atoms with Gasteiger partial charge in [0.05, 0.1) is 22.8 Å². The number of rotatable bonds is 3. The third kappa shape index (κ3) is 2.73. The predicted octanol–water partition coefficient (Wildman–Crippen LogP) is 1.32. The van der Waals surface area contributed by atoms with Crippen LogP contribution >= 0.6 is 0 Å². The highest BCUT2D eigenvalue weighted by molar-refractivity contribution is 7.91. The van der Waals surface area contributed by atoms with E-state index in [1.807, 2.05) is 13.0 Å². The third-order valence-corrected chi connectivity index (χ3v) is 5.33. The van der Waals surface area contributed by atoms with Crippen molar-refractivity contribution in [2.75, 3.05) is 23.5 Å². The van der Waals surface area contributed by atoms with Gasteiger partial charge in [0.1, 0.15) is 0 Å². The van der Waals surface area contributed by atoms with Gasteiger partial charge in [0.2, 0.25) is 0 Å². The van der Waals surface area contributed by atoms with Gasteiger partial charge in [-0.2, -0.15) is 0 Å². The molecule has 5 nitrogen and oxygen atoms in total. The van der Waals surface area contributed by atoms with Crippen molar-refractivity contribution in [3.05, 3.63) is 29.3 Å². The van der Waals surface area contributed by atoms with Crippen molar-refractivity contribution in [3.63, 3.8) is 0 Å². The molecule has 0 amide bonds. The Bertz CT molecular complexity index is 609. The Labute approximate surface area is 112 Å². The van der Waals surface area contributed by atoms with Gasteiger partial charge in [0.25, 0.3) is 0 Å². The van der Waals surface area contributed by atoms with Crippen LogP contribution in [0.25, 0.3) is 0 Å². The molecule has 1 fully saturated rings. The lowest BCUT2D eigenvalue weighted by atomic mass is 10.1. The van der Waals surface area contributed by atoms with E-state index in [1.54, 1.807) is 24.1 Å². The van der Waals surface area contributed by atoms with Crippen LogP contribution in [-0.4, -0.2) is 44.1 Å². The van der Waals surface area contributed by atoms with Crippen LogP contribution in [0.5, 0.6) is 0 Å². The van der Waals surface area contributed by atoms with Gasteiger partial charge in [0, 0.05) is 13.1 Å². The normalized spacial score (nSPS) is 21.3. The summed E-state index contributed by atoms with van der Waals surface area (Å²) >= 11 is 0. The van der Waals surface area contributed by atoms with E-state index in [0.29, 0.717) is 12.1 Å². The van der Waals surface area contributed by atoms with Crippen molar-refractivity contribution in [3.8, 4) is 0 Å². The highest BCUT2D eigenvalue weighted by atomic mass is 32.2. The Morgan fingerprint density at radius 3 is 2.63 bits per heavy atom. The number of carbonyl (C=O) groups is 1. The summed E-state index contributed by atoms with van der Waals surface area (Å²) in [5.41, 5.74) is 1.66. The van der Waals surface area contributed by atoms with Crippen LogP contribution < -0.4 is 4.90 Å². The van der Waals surface area contributed by atoms with Gasteiger partial charge < -0.3 is 10.0 Å². The first-order chi connectivity index (χ1) is 8.82. The van der Waals surface area contributed by atoms with Crippen LogP contribution in [0.4, 0.5) is 5.69 Å². The minimum absolute atomic E-state index is 0.0941. The Morgan fingerprint density at radius 1 is 1.42 bits per heavy atom. The van der Waals surface area contributed by atoms with E-state index in [0.717, 1.165) is 5.56 Å². The Hall–Kier alpha value is -1.56. The van der Waals surface area contributed by atoms with Crippen molar-refractivity contribution in [2.24, 2.45) is 0 Å². The Kier molecular flexibility index (Phi) is 3.54. The van der Waals surface area contributed by atoms with Crippen molar-refractivity contribution in [1.29, 1.82) is 0 Å². The molecule has 0 bridgehead atoms. The standard InChI is InChI=1S/C13H17NO4S/c1-9-4-3-5-11(13(15)16)12(9)14(2)10-6-7-19(17,18)8-10/h3-5,10H,6-8H2,1-2H3,(H,15,16). The van der Waals surface area contributed by atoms with E-state index >= 15 is 0 Å². The largest absolute Gasteiger partial charge is 0.478 e. The second-order valence-corrected chi connectivity index (χ2v) is 7.17. The van der Waals surface area contributed by atoms with Gasteiger partial charge in [-0.25, -0.2) is 13.2 Å². The van der Waals surface area contributed by atoms with Crippen molar-refractivity contribution < 1.29 is 18.3 Å². The molecule has 1 atom stereocenters. The molecule has 1 saturated heterocycles. The topological polar surface area (TPSA) is 74.7 Å². The molecule has 19 heavy (non-hydrogen) atoms. The van der Waals surface area contributed by atoms with Crippen molar-refractivity contribution in [1.82, 2.24) is 0 Å². The molecule has 1 aromatic rings. The molecule has 1 unspecified atom stereocenters. The maximum absolute atomic E-state index is 11.5. The fraction of sp³-hybridized carbons (Fsp3) is 0.462. The third-order valence-electron chi connectivity index (χ3n) is 3.58. The highest BCUT2D eigenvalue weighted by Gasteiger charge is 2.32. The molecule has 2 rings (SSSR count). The van der Waals surface area contributed by atoms with E-state index < -0.39 is 15.8 Å². The zero-order valence-electron chi connectivity index (χ0n) is 11.0. The molecule has 0 saturated carbocycles. The summed E-state index contributed by atoms with van der Waals surface area (Å²) < 4.78 is 23.1. The van der Waals surface area contributed by atoms with E-state index in [4.69, 9.17) is 0 Å². The average Bonchev–Trinajstić information content (AvgIpc) is 2.68. The molecule has 0 radical (unpaired) electrons. The minimum Gasteiger partial charge on any atom is -0.478 e. The summed E-state index contributed by atoms with van der Waals surface area (Å²) in [7, 11) is -1.22. The fourth-order valence-electron chi connectivity index (χ4n) is 2.56. The van der Waals surface area contributed by atoms with E-state index in [-0.39, 0.29) is 23.1 Å². The predicted molar refractivity (Wildman–Crippen MR) is 73.6 cm³/mol. The number of carboxylic acid groups (broad SMARTS) is 1. The molecule has 6 heteroatoms. The summed E-state index contributed by atoms with van der Waals surface area (Å²) in [5, 5.41) is 9.24. The number of carboxylic acids is 1. The second-order valence-electron chi connectivity index (χ2n) is 4.94. The SMILES string of the molecule is Cc1cccc(C(=O)O)c1N(C)C1CCS(=O)(=O)C1. The number of hydrogen-bond acceptors (Lipinski definition) is 4. The molecule has 0 aromatic heterocycles. The first-order valence-corrected chi connectivity index (χ1v) is 7.90. The lowest BCUT2D eigenvalue weighted by molar-refractivity contribution is 0.0697. The number of aromatic carboxylic acids is 1. The van der Waals surface area contributed by atoms with E-state index in [2.05, 4.69) is 0 Å². The zero-order valence-corrected chi connectivity index (χ0v) is 11.8. The molecule has 1 heterocycles. The van der Waals surface area contributed by atoms with Crippen LogP contribution in [0.1, 0.15) is 22.3 Å². The van der Waals surface area contributed by atoms with Gasteiger partial charge in [-0.3, -0.25) is 0 Å². The first-order valence-electron chi connectivity index (χ1n) is 6.08. The maximum Gasteiger partial charge on any atom is 0.337 e. The number of sulfone groups is 1. The molecular formula is C13H17NO4S. The Balaban J connectivity index is 2.39. The van der Waals surface area contributed by atoms with E-state index in [1.165, 1.54) is 0 Å². The number of benzene rings is 1. The number of anilines is 1. The van der Waals surface area contributed by atoms with Crippen LogP contribution in [0.3, 0.4) is 0 Å². The molecule has 104 valence electrons. The number of aryl methyl sites for hydroxylation is 1. The highest BCUT2D eigenvalue weighted by Crippen LogP contribution is 2.29. The van der Waals surface area contributed by atoms with Gasteiger partial charge in [-0.1, -0.05) is 12.1 Å². The molecule has 1 aromatic carbocycles. The number of hydrogen-bond donors (Lipinski definition) is 1. The lowest BCUT2D eigenvalue weighted by Gasteiger charge is -2.28. The summed E-state index contributed by atoms with van der Waals surface area (Å²) in [5.74, 6) is -0.723. The van der Waals surface area contributed by atoms with Gasteiger partial charge in [-0.05, 0) is 25.0 Å². The Morgan fingerprint density at radius 2 is 2.11 bits per heavy atom. The molecule has 1 aliphatic rings. The second kappa shape index (κ2) is 4.85. The van der Waals surface area contributed by atoms with Crippen molar-refractivity contribution in [2.45, 2.75) is 19.4 Å². The van der Waals surface area contributed by atoms with Crippen LogP contribution in [0.2, 0.25) is 0 Å². The van der Waals surface area contributed by atoms with Crippen LogP contribution in [0.15, 0.2) is 18.2 Å². The zero-order chi connectivity index (χ0) is 14.2. The van der Waals surface area contributed by atoms with Crippen LogP contribution in [-0.2, 0) is 9.84 Å². The molecule has 0 aliphatic carbocycles.